The summed E-state index contributed by atoms with van der Waals surface area (Å²) in [6, 6.07) is 9.44. The highest BCUT2D eigenvalue weighted by Crippen LogP contribution is 2.29. The summed E-state index contributed by atoms with van der Waals surface area (Å²) in [4.78, 5) is 39.4. The average molecular weight is 431 g/mol. The SMILES string of the molecule is COc1cccc(OC)c1C(=O)N1CCN(Cc2ccncc2)CC1.O=C(O)C(=O)O. The van der Waals surface area contributed by atoms with E-state index in [9.17, 15) is 4.79 Å². The molecule has 1 aromatic carbocycles. The summed E-state index contributed by atoms with van der Waals surface area (Å²) in [5.74, 6) is -2.60. The molecule has 166 valence electrons. The Bertz CT molecular complexity index is 863. The van der Waals surface area contributed by atoms with Crippen molar-refractivity contribution in [1.29, 1.82) is 0 Å². The monoisotopic (exact) mass is 431 g/mol. The topological polar surface area (TPSA) is 130 Å². The number of amides is 1. The number of methoxy groups -OCH3 is 2. The van der Waals surface area contributed by atoms with Crippen LogP contribution >= 0.6 is 0 Å². The van der Waals surface area contributed by atoms with Gasteiger partial charge in [-0.2, -0.15) is 0 Å². The van der Waals surface area contributed by atoms with E-state index in [1.165, 1.54) is 5.56 Å². The molecular formula is C21H25N3O7. The van der Waals surface area contributed by atoms with Crippen LogP contribution in [-0.4, -0.2) is 83.2 Å². The normalized spacial score (nSPS) is 13.5. The van der Waals surface area contributed by atoms with Gasteiger partial charge in [0.05, 0.1) is 14.2 Å². The molecule has 2 aromatic rings. The zero-order valence-corrected chi connectivity index (χ0v) is 17.4. The van der Waals surface area contributed by atoms with Crippen molar-refractivity contribution >= 4 is 17.8 Å². The molecule has 0 unspecified atom stereocenters. The predicted molar refractivity (Wildman–Crippen MR) is 110 cm³/mol. The van der Waals surface area contributed by atoms with Crippen molar-refractivity contribution in [3.05, 3.63) is 53.9 Å². The second-order valence-electron chi connectivity index (χ2n) is 6.57. The summed E-state index contributed by atoms with van der Waals surface area (Å²) >= 11 is 0. The van der Waals surface area contributed by atoms with Crippen molar-refractivity contribution in [2.75, 3.05) is 40.4 Å². The number of carboxylic acids is 2. The van der Waals surface area contributed by atoms with E-state index in [1.54, 1.807) is 26.4 Å². The summed E-state index contributed by atoms with van der Waals surface area (Å²) in [7, 11) is 3.14. The fourth-order valence-corrected chi connectivity index (χ4v) is 3.08. The van der Waals surface area contributed by atoms with Crippen LogP contribution in [0.5, 0.6) is 11.5 Å². The molecule has 0 radical (unpaired) electrons. The molecule has 0 spiro atoms. The molecular weight excluding hydrogens is 406 g/mol. The minimum absolute atomic E-state index is 0.0436. The number of carbonyl (C=O) groups excluding carboxylic acids is 1. The van der Waals surface area contributed by atoms with Gasteiger partial charge in [0.25, 0.3) is 5.91 Å². The van der Waals surface area contributed by atoms with Gasteiger partial charge in [-0.05, 0) is 29.8 Å². The lowest BCUT2D eigenvalue weighted by molar-refractivity contribution is -0.159. The number of aliphatic carboxylic acids is 2. The summed E-state index contributed by atoms with van der Waals surface area (Å²) in [5.41, 5.74) is 1.73. The number of hydrogen-bond donors (Lipinski definition) is 2. The van der Waals surface area contributed by atoms with Crippen LogP contribution < -0.4 is 9.47 Å². The number of piperazine rings is 1. The van der Waals surface area contributed by atoms with Crippen LogP contribution in [0.1, 0.15) is 15.9 Å². The van der Waals surface area contributed by atoms with Gasteiger partial charge >= 0.3 is 11.9 Å². The number of pyridine rings is 1. The fraction of sp³-hybridized carbons (Fsp3) is 0.333. The Hall–Kier alpha value is -3.66. The Balaban J connectivity index is 0.000000501. The Morgan fingerprint density at radius 3 is 1.87 bits per heavy atom. The molecule has 3 rings (SSSR count). The van der Waals surface area contributed by atoms with Crippen LogP contribution in [0.2, 0.25) is 0 Å². The fourth-order valence-electron chi connectivity index (χ4n) is 3.08. The smallest absolute Gasteiger partial charge is 0.414 e. The molecule has 1 fully saturated rings. The number of aromatic nitrogens is 1. The molecule has 10 nitrogen and oxygen atoms in total. The molecule has 2 heterocycles. The van der Waals surface area contributed by atoms with E-state index in [0.717, 1.165) is 19.6 Å². The Kier molecular flexibility index (Phi) is 8.77. The van der Waals surface area contributed by atoms with Crippen molar-refractivity contribution < 1.29 is 34.1 Å². The third-order valence-electron chi connectivity index (χ3n) is 4.64. The van der Waals surface area contributed by atoms with E-state index in [4.69, 9.17) is 29.3 Å². The predicted octanol–water partition coefficient (Wildman–Crippen LogP) is 1.21. The average Bonchev–Trinajstić information content (AvgIpc) is 2.79. The van der Waals surface area contributed by atoms with E-state index in [-0.39, 0.29) is 5.91 Å². The second kappa shape index (κ2) is 11.5. The Labute approximate surface area is 179 Å². The maximum atomic E-state index is 13.0. The molecule has 1 aliphatic rings. The lowest BCUT2D eigenvalue weighted by Crippen LogP contribution is -2.48. The molecule has 1 aliphatic heterocycles. The third-order valence-corrected chi connectivity index (χ3v) is 4.64. The molecule has 1 aromatic heterocycles. The number of carbonyl (C=O) groups is 3. The summed E-state index contributed by atoms with van der Waals surface area (Å²) in [6.45, 7) is 3.93. The van der Waals surface area contributed by atoms with Gasteiger partial charge in [-0.25, -0.2) is 9.59 Å². The lowest BCUT2D eigenvalue weighted by atomic mass is 10.1. The highest BCUT2D eigenvalue weighted by Gasteiger charge is 2.27. The summed E-state index contributed by atoms with van der Waals surface area (Å²) in [5, 5.41) is 14.8. The van der Waals surface area contributed by atoms with Gasteiger partial charge in [0.15, 0.2) is 0 Å². The van der Waals surface area contributed by atoms with Gasteiger partial charge in [-0.1, -0.05) is 6.07 Å². The summed E-state index contributed by atoms with van der Waals surface area (Å²) < 4.78 is 10.7. The van der Waals surface area contributed by atoms with Crippen LogP contribution in [0.15, 0.2) is 42.7 Å². The van der Waals surface area contributed by atoms with E-state index in [0.29, 0.717) is 30.2 Å². The molecule has 31 heavy (non-hydrogen) atoms. The van der Waals surface area contributed by atoms with Gasteiger partial charge in [0.2, 0.25) is 0 Å². The van der Waals surface area contributed by atoms with Gasteiger partial charge in [0.1, 0.15) is 17.1 Å². The molecule has 1 saturated heterocycles. The van der Waals surface area contributed by atoms with Gasteiger partial charge < -0.3 is 24.6 Å². The largest absolute Gasteiger partial charge is 0.496 e. The van der Waals surface area contributed by atoms with Crippen LogP contribution in [-0.2, 0) is 16.1 Å². The zero-order valence-electron chi connectivity index (χ0n) is 17.4. The van der Waals surface area contributed by atoms with E-state index < -0.39 is 11.9 Å². The molecule has 1 amide bonds. The van der Waals surface area contributed by atoms with E-state index in [2.05, 4.69) is 9.88 Å². The quantitative estimate of drug-likeness (QED) is 0.671. The lowest BCUT2D eigenvalue weighted by Gasteiger charge is -2.35. The van der Waals surface area contributed by atoms with Crippen LogP contribution in [0, 0.1) is 0 Å². The number of nitrogens with zero attached hydrogens (tertiary/aromatic N) is 3. The molecule has 0 saturated carbocycles. The van der Waals surface area contributed by atoms with E-state index in [1.807, 2.05) is 35.5 Å². The third kappa shape index (κ3) is 6.68. The first-order valence-electron chi connectivity index (χ1n) is 9.45. The second-order valence-corrected chi connectivity index (χ2v) is 6.57. The number of rotatable bonds is 5. The first kappa shape index (κ1) is 23.6. The number of benzene rings is 1. The molecule has 0 bridgehead atoms. The van der Waals surface area contributed by atoms with Crippen molar-refractivity contribution in [2.24, 2.45) is 0 Å². The highest BCUT2D eigenvalue weighted by molar-refractivity contribution is 6.27. The first-order valence-corrected chi connectivity index (χ1v) is 9.45. The zero-order chi connectivity index (χ0) is 22.8. The Morgan fingerprint density at radius 1 is 0.903 bits per heavy atom. The van der Waals surface area contributed by atoms with Crippen molar-refractivity contribution in [2.45, 2.75) is 6.54 Å². The minimum atomic E-state index is -1.82. The number of ether oxygens (including phenoxy) is 2. The highest BCUT2D eigenvalue weighted by atomic mass is 16.5. The van der Waals surface area contributed by atoms with E-state index >= 15 is 0 Å². The van der Waals surface area contributed by atoms with Crippen LogP contribution in [0.3, 0.4) is 0 Å². The van der Waals surface area contributed by atoms with Gasteiger partial charge in [-0.15, -0.1) is 0 Å². The standard InChI is InChI=1S/C19H23N3O3.C2H2O4/c1-24-16-4-3-5-17(25-2)18(16)19(23)22-12-10-21(11-13-22)14-15-6-8-20-9-7-15;3-1(4)2(5)6/h3-9H,10-14H2,1-2H3;(H,3,4)(H,5,6). The molecule has 10 heteroatoms. The van der Waals surface area contributed by atoms with Gasteiger partial charge in [0, 0.05) is 45.1 Å². The van der Waals surface area contributed by atoms with Crippen molar-refractivity contribution in [1.82, 2.24) is 14.8 Å². The maximum absolute atomic E-state index is 13.0. The maximum Gasteiger partial charge on any atom is 0.414 e. The van der Waals surface area contributed by atoms with Crippen molar-refractivity contribution in [3.8, 4) is 11.5 Å². The van der Waals surface area contributed by atoms with Crippen molar-refractivity contribution in [3.63, 3.8) is 0 Å². The Morgan fingerprint density at radius 2 is 1.42 bits per heavy atom. The van der Waals surface area contributed by atoms with Crippen LogP contribution in [0.25, 0.3) is 0 Å². The molecule has 0 atom stereocenters. The first-order chi connectivity index (χ1) is 14.9. The minimum Gasteiger partial charge on any atom is -0.496 e. The van der Waals surface area contributed by atoms with Crippen LogP contribution in [0.4, 0.5) is 0 Å². The number of carboxylic acid groups (broad SMARTS) is 2. The van der Waals surface area contributed by atoms with Gasteiger partial charge in [-0.3, -0.25) is 14.7 Å². The summed E-state index contributed by atoms with van der Waals surface area (Å²) in [6.07, 6.45) is 3.62. The molecule has 2 N–H and O–H groups in total. The number of hydrogen-bond acceptors (Lipinski definition) is 7. The molecule has 0 aliphatic carbocycles.